The smallest absolute Gasteiger partial charge is 0.171 e. The summed E-state index contributed by atoms with van der Waals surface area (Å²) in [7, 11) is 0. The van der Waals surface area contributed by atoms with Crippen molar-refractivity contribution in [1.29, 1.82) is 0 Å². The van der Waals surface area contributed by atoms with E-state index in [9.17, 15) is 13.2 Å². The molecule has 0 heterocycles. The number of hydrogen-bond acceptors (Lipinski definition) is 0. The number of hydrogen-bond donors (Lipinski definition) is 0. The lowest BCUT2D eigenvalue weighted by atomic mass is 9.47. The summed E-state index contributed by atoms with van der Waals surface area (Å²) in [4.78, 5) is 0. The highest BCUT2D eigenvalue weighted by atomic mass is 19.4. The minimum atomic E-state index is -4.02. The third-order valence-corrected chi connectivity index (χ3v) is 8.35. The standard InChI is InChI=1S/C20H29F3/c1-18-9-3-4-16(18)15-6-5-13-12-14(20(21,22)23)7-11-19(13,2)17(15)8-10-18/h5,14-17H,3-4,6-12H2,1-2H3/t14-,15+,16+,17+,18+,19+/m1/s1. The highest BCUT2D eigenvalue weighted by molar-refractivity contribution is 5.25. The van der Waals surface area contributed by atoms with Crippen LogP contribution in [0.2, 0.25) is 0 Å². The first kappa shape index (κ1) is 16.0. The number of allylic oxidation sites excluding steroid dienone is 2. The molecule has 0 aromatic carbocycles. The lowest BCUT2D eigenvalue weighted by molar-refractivity contribution is -0.184. The molecule has 23 heavy (non-hydrogen) atoms. The van der Waals surface area contributed by atoms with Crippen molar-refractivity contribution >= 4 is 0 Å². The number of rotatable bonds is 0. The Balaban J connectivity index is 1.62. The van der Waals surface area contributed by atoms with Gasteiger partial charge in [0.15, 0.2) is 0 Å². The van der Waals surface area contributed by atoms with E-state index in [0.717, 1.165) is 30.3 Å². The average molecular weight is 326 g/mol. The van der Waals surface area contributed by atoms with Crippen LogP contribution in [0.15, 0.2) is 11.6 Å². The molecule has 4 rings (SSSR count). The Bertz CT molecular complexity index is 519. The Morgan fingerprint density at radius 1 is 1.00 bits per heavy atom. The Labute approximate surface area is 137 Å². The Morgan fingerprint density at radius 2 is 1.78 bits per heavy atom. The lowest BCUT2D eigenvalue weighted by Crippen LogP contribution is -2.49. The predicted octanol–water partition coefficient (Wildman–Crippen LogP) is 6.52. The van der Waals surface area contributed by atoms with E-state index >= 15 is 0 Å². The normalized spacial score (nSPS) is 49.9. The van der Waals surface area contributed by atoms with Crippen molar-refractivity contribution in [3.63, 3.8) is 0 Å². The molecule has 0 bridgehead atoms. The van der Waals surface area contributed by atoms with Crippen molar-refractivity contribution in [2.45, 2.75) is 77.8 Å². The van der Waals surface area contributed by atoms with E-state index in [1.54, 1.807) is 0 Å². The summed E-state index contributed by atoms with van der Waals surface area (Å²) in [5, 5.41) is 0. The molecular formula is C20H29F3. The van der Waals surface area contributed by atoms with E-state index in [0.29, 0.717) is 17.8 Å². The van der Waals surface area contributed by atoms with Gasteiger partial charge < -0.3 is 0 Å². The molecule has 4 aliphatic rings. The highest BCUT2D eigenvalue weighted by Gasteiger charge is 2.57. The molecule has 130 valence electrons. The van der Waals surface area contributed by atoms with Crippen molar-refractivity contribution in [1.82, 2.24) is 0 Å². The predicted molar refractivity (Wildman–Crippen MR) is 85.9 cm³/mol. The second kappa shape index (κ2) is 5.02. The molecule has 0 aliphatic heterocycles. The van der Waals surface area contributed by atoms with Crippen LogP contribution in [0.25, 0.3) is 0 Å². The molecule has 0 unspecified atom stereocenters. The van der Waals surface area contributed by atoms with Crippen LogP contribution >= 0.6 is 0 Å². The van der Waals surface area contributed by atoms with E-state index in [-0.39, 0.29) is 11.8 Å². The minimum absolute atomic E-state index is 0.0502. The molecule has 0 saturated heterocycles. The summed E-state index contributed by atoms with van der Waals surface area (Å²) in [6, 6.07) is 0. The van der Waals surface area contributed by atoms with Gasteiger partial charge in [-0.2, -0.15) is 13.2 Å². The number of alkyl halides is 3. The average Bonchev–Trinajstić information content (AvgIpc) is 2.87. The summed E-state index contributed by atoms with van der Waals surface area (Å²) in [6.07, 6.45) is 7.22. The van der Waals surface area contributed by atoms with Crippen LogP contribution in [0.5, 0.6) is 0 Å². The van der Waals surface area contributed by atoms with Gasteiger partial charge in [-0.1, -0.05) is 31.9 Å². The third kappa shape index (κ3) is 2.32. The highest BCUT2D eigenvalue weighted by Crippen LogP contribution is 2.65. The van der Waals surface area contributed by atoms with Gasteiger partial charge in [0, 0.05) is 0 Å². The van der Waals surface area contributed by atoms with Gasteiger partial charge in [0.1, 0.15) is 0 Å². The molecule has 3 heteroatoms. The second-order valence-corrected chi connectivity index (χ2v) is 9.33. The van der Waals surface area contributed by atoms with E-state index in [1.807, 2.05) is 0 Å². The van der Waals surface area contributed by atoms with Gasteiger partial charge in [-0.15, -0.1) is 0 Å². The van der Waals surface area contributed by atoms with Crippen LogP contribution in [-0.4, -0.2) is 6.18 Å². The lowest BCUT2D eigenvalue weighted by Gasteiger charge is -2.57. The van der Waals surface area contributed by atoms with Crippen molar-refractivity contribution in [3.05, 3.63) is 11.6 Å². The van der Waals surface area contributed by atoms with Gasteiger partial charge >= 0.3 is 6.18 Å². The maximum atomic E-state index is 13.2. The molecule has 0 N–H and O–H groups in total. The van der Waals surface area contributed by atoms with Crippen LogP contribution in [0, 0.1) is 34.5 Å². The first-order valence-electron chi connectivity index (χ1n) is 9.50. The summed E-state index contributed by atoms with van der Waals surface area (Å²) in [6.45, 7) is 4.77. The quantitative estimate of drug-likeness (QED) is 0.445. The first-order valence-corrected chi connectivity index (χ1v) is 9.50. The van der Waals surface area contributed by atoms with Crippen LogP contribution in [0.1, 0.15) is 71.6 Å². The molecule has 0 radical (unpaired) electrons. The molecule has 0 spiro atoms. The third-order valence-electron chi connectivity index (χ3n) is 8.35. The second-order valence-electron chi connectivity index (χ2n) is 9.33. The van der Waals surface area contributed by atoms with E-state index < -0.39 is 12.1 Å². The van der Waals surface area contributed by atoms with Crippen molar-refractivity contribution in [2.24, 2.45) is 34.5 Å². The van der Waals surface area contributed by atoms with Crippen molar-refractivity contribution in [2.75, 3.05) is 0 Å². The fourth-order valence-corrected chi connectivity index (χ4v) is 6.93. The van der Waals surface area contributed by atoms with Crippen molar-refractivity contribution in [3.8, 4) is 0 Å². The number of fused-ring (bicyclic) bond motifs is 5. The largest absolute Gasteiger partial charge is 0.392 e. The van der Waals surface area contributed by atoms with Crippen LogP contribution in [-0.2, 0) is 0 Å². The van der Waals surface area contributed by atoms with E-state index in [1.165, 1.54) is 32.1 Å². The van der Waals surface area contributed by atoms with Crippen molar-refractivity contribution < 1.29 is 13.2 Å². The van der Waals surface area contributed by atoms with Crippen LogP contribution in [0.4, 0.5) is 13.2 Å². The zero-order valence-corrected chi connectivity index (χ0v) is 14.4. The summed E-state index contributed by atoms with van der Waals surface area (Å²) in [5.41, 5.74) is 1.72. The van der Waals surface area contributed by atoms with Crippen LogP contribution in [0.3, 0.4) is 0 Å². The summed E-state index contributed by atoms with van der Waals surface area (Å²) < 4.78 is 39.5. The van der Waals surface area contributed by atoms with Gasteiger partial charge in [0.05, 0.1) is 5.92 Å². The maximum Gasteiger partial charge on any atom is 0.392 e. The summed E-state index contributed by atoms with van der Waals surface area (Å²) >= 11 is 0. The van der Waals surface area contributed by atoms with Gasteiger partial charge in [-0.05, 0) is 80.0 Å². The molecule has 6 atom stereocenters. The zero-order valence-electron chi connectivity index (χ0n) is 14.4. The fraction of sp³-hybridized carbons (Fsp3) is 0.900. The molecule has 3 saturated carbocycles. The molecule has 4 aliphatic carbocycles. The van der Waals surface area contributed by atoms with Gasteiger partial charge in [0.2, 0.25) is 0 Å². The fourth-order valence-electron chi connectivity index (χ4n) is 6.93. The molecule has 0 amide bonds. The Hall–Kier alpha value is -0.470. The molecule has 0 nitrogen and oxygen atoms in total. The van der Waals surface area contributed by atoms with Gasteiger partial charge in [-0.3, -0.25) is 0 Å². The molecule has 0 aromatic heterocycles. The Kier molecular flexibility index (Phi) is 3.50. The van der Waals surface area contributed by atoms with Crippen LogP contribution < -0.4 is 0 Å². The molecule has 0 aromatic rings. The molecular weight excluding hydrogens is 297 g/mol. The monoisotopic (exact) mass is 326 g/mol. The zero-order chi connectivity index (χ0) is 16.5. The maximum absolute atomic E-state index is 13.2. The SMILES string of the molecule is C[C@@]12CCC[C@H]1[C@@H]1CC=C3C[C@H](C(F)(F)F)CC[C@]3(C)[C@H]1CC2. The first-order chi connectivity index (χ1) is 10.7. The van der Waals surface area contributed by atoms with Gasteiger partial charge in [-0.25, -0.2) is 0 Å². The number of halogens is 3. The minimum Gasteiger partial charge on any atom is -0.171 e. The van der Waals surface area contributed by atoms with E-state index in [4.69, 9.17) is 0 Å². The molecule has 3 fully saturated rings. The van der Waals surface area contributed by atoms with E-state index in [2.05, 4.69) is 19.9 Å². The summed E-state index contributed by atoms with van der Waals surface area (Å²) in [5.74, 6) is 1.08. The topological polar surface area (TPSA) is 0 Å². The Morgan fingerprint density at radius 3 is 2.52 bits per heavy atom. The van der Waals surface area contributed by atoms with Gasteiger partial charge in [0.25, 0.3) is 0 Å².